The number of isocyanates is 1. The molecule has 0 radical (unpaired) electrons. The van der Waals surface area contributed by atoms with Crippen LogP contribution in [-0.2, 0) is 4.79 Å². The van der Waals surface area contributed by atoms with Crippen molar-refractivity contribution < 1.29 is 9.59 Å². The molecule has 2 amide bonds. The minimum Gasteiger partial charge on any atom is -0.335 e. The molecule has 5 nitrogen and oxygen atoms in total. The molecule has 0 spiro atoms. The average molecular weight is 331 g/mol. The summed E-state index contributed by atoms with van der Waals surface area (Å²) in [5.41, 5.74) is 0.0603. The van der Waals surface area contributed by atoms with E-state index in [-0.39, 0.29) is 28.9 Å². The molecule has 2 N–H and O–H groups in total. The summed E-state index contributed by atoms with van der Waals surface area (Å²) in [7, 11) is 0. The quantitative estimate of drug-likeness (QED) is 0.472. The Kier molecular flexibility index (Phi) is 4.56. The lowest BCUT2D eigenvalue weighted by Gasteiger charge is -2.46. The van der Waals surface area contributed by atoms with Crippen molar-refractivity contribution in [3.05, 3.63) is 12.2 Å². The second-order valence-corrected chi connectivity index (χ2v) is 9.17. The van der Waals surface area contributed by atoms with Crippen molar-refractivity contribution >= 4 is 12.1 Å². The summed E-state index contributed by atoms with van der Waals surface area (Å²) in [5, 5.41) is 6.35. The number of urea groups is 1. The first kappa shape index (κ1) is 17.2. The molecule has 2 saturated carbocycles. The number of aliphatic imine (C=N–C) groups is 1. The van der Waals surface area contributed by atoms with Gasteiger partial charge in [-0.2, -0.15) is 0 Å². The van der Waals surface area contributed by atoms with E-state index in [9.17, 15) is 9.59 Å². The average Bonchev–Trinajstić information content (AvgIpc) is 3.05. The third-order valence-corrected chi connectivity index (χ3v) is 5.90. The second-order valence-electron chi connectivity index (χ2n) is 9.17. The fourth-order valence-electron chi connectivity index (χ4n) is 5.42. The van der Waals surface area contributed by atoms with Gasteiger partial charge in [0.05, 0.1) is 6.54 Å². The SMILES string of the molecule is CC1(C)CC(NC(=O)NC2CC3C=CC2C3)CC(C)(CN=C=O)C1. The minimum atomic E-state index is -0.0632. The predicted molar refractivity (Wildman–Crippen MR) is 93.3 cm³/mol. The molecule has 5 heteroatoms. The van der Waals surface area contributed by atoms with Crippen LogP contribution < -0.4 is 10.6 Å². The number of hydrogen-bond donors (Lipinski definition) is 2. The smallest absolute Gasteiger partial charge is 0.315 e. The van der Waals surface area contributed by atoms with E-state index in [0.717, 1.165) is 25.7 Å². The van der Waals surface area contributed by atoms with Crippen LogP contribution in [-0.4, -0.2) is 30.7 Å². The van der Waals surface area contributed by atoms with Crippen molar-refractivity contribution in [1.29, 1.82) is 0 Å². The zero-order chi connectivity index (χ0) is 17.4. The normalized spacial score (nSPS) is 39.3. The zero-order valence-corrected chi connectivity index (χ0v) is 15.0. The summed E-state index contributed by atoms with van der Waals surface area (Å²) < 4.78 is 0. The lowest BCUT2D eigenvalue weighted by molar-refractivity contribution is 0.0805. The van der Waals surface area contributed by atoms with Crippen LogP contribution in [0, 0.1) is 22.7 Å². The standard InChI is InChI=1S/C19H29N3O2/c1-18(2)8-15(9-19(3,10-18)11-20-12-23)21-17(24)22-16-7-13-4-5-14(16)6-13/h4-5,13-16H,6-11H2,1-3H3,(H2,21,22,24). The molecule has 0 aromatic carbocycles. The van der Waals surface area contributed by atoms with Crippen LogP contribution in [0.1, 0.15) is 52.9 Å². The molecule has 0 aromatic rings. The number of allylic oxidation sites excluding steroid dienone is 1. The van der Waals surface area contributed by atoms with Gasteiger partial charge in [0.2, 0.25) is 6.08 Å². The molecule has 0 heterocycles. The van der Waals surface area contributed by atoms with Crippen molar-refractivity contribution in [3.63, 3.8) is 0 Å². The summed E-state index contributed by atoms with van der Waals surface area (Å²) in [5.74, 6) is 1.16. The molecule has 0 saturated heterocycles. The molecule has 5 atom stereocenters. The second kappa shape index (κ2) is 6.36. The monoisotopic (exact) mass is 331 g/mol. The van der Waals surface area contributed by atoms with Crippen molar-refractivity contribution in [3.8, 4) is 0 Å². The zero-order valence-electron chi connectivity index (χ0n) is 15.0. The molecular formula is C19H29N3O2. The number of carbonyl (C=O) groups is 1. The Morgan fingerprint density at radius 3 is 2.62 bits per heavy atom. The Morgan fingerprint density at radius 1 is 1.21 bits per heavy atom. The molecule has 24 heavy (non-hydrogen) atoms. The maximum absolute atomic E-state index is 12.4. The number of carbonyl (C=O) groups excluding carboxylic acids is 2. The third-order valence-electron chi connectivity index (χ3n) is 5.90. The van der Waals surface area contributed by atoms with E-state index in [0.29, 0.717) is 18.4 Å². The summed E-state index contributed by atoms with van der Waals surface area (Å²) >= 11 is 0. The molecule has 132 valence electrons. The third kappa shape index (κ3) is 3.89. The van der Waals surface area contributed by atoms with Gasteiger partial charge in [0.1, 0.15) is 0 Å². The van der Waals surface area contributed by atoms with Gasteiger partial charge < -0.3 is 10.6 Å². The van der Waals surface area contributed by atoms with Gasteiger partial charge in [0.15, 0.2) is 0 Å². The number of hydrogen-bond acceptors (Lipinski definition) is 3. The Balaban J connectivity index is 1.57. The largest absolute Gasteiger partial charge is 0.335 e. The van der Waals surface area contributed by atoms with Crippen LogP contribution in [0.15, 0.2) is 17.1 Å². The van der Waals surface area contributed by atoms with Crippen LogP contribution in [0.4, 0.5) is 4.79 Å². The lowest BCUT2D eigenvalue weighted by atomic mass is 9.62. The predicted octanol–water partition coefficient (Wildman–Crippen LogP) is 3.17. The fraction of sp³-hybridized carbons (Fsp3) is 0.789. The van der Waals surface area contributed by atoms with Crippen LogP contribution in [0.5, 0.6) is 0 Å². The molecule has 3 aliphatic carbocycles. The van der Waals surface area contributed by atoms with Crippen LogP contribution in [0.3, 0.4) is 0 Å². The van der Waals surface area contributed by atoms with Gasteiger partial charge in [-0.05, 0) is 54.8 Å². The van der Waals surface area contributed by atoms with Gasteiger partial charge in [0, 0.05) is 12.1 Å². The first-order chi connectivity index (χ1) is 11.3. The molecular weight excluding hydrogens is 302 g/mol. The van der Waals surface area contributed by atoms with E-state index in [4.69, 9.17) is 0 Å². The van der Waals surface area contributed by atoms with Gasteiger partial charge in [0.25, 0.3) is 0 Å². The van der Waals surface area contributed by atoms with Crippen LogP contribution >= 0.6 is 0 Å². The summed E-state index contributed by atoms with van der Waals surface area (Å²) in [6.07, 6.45) is 11.2. The van der Waals surface area contributed by atoms with Crippen LogP contribution in [0.2, 0.25) is 0 Å². The van der Waals surface area contributed by atoms with E-state index >= 15 is 0 Å². The number of fused-ring (bicyclic) bond motifs is 2. The first-order valence-corrected chi connectivity index (χ1v) is 9.08. The highest BCUT2D eigenvalue weighted by atomic mass is 16.2. The Hall–Kier alpha value is -1.61. The first-order valence-electron chi connectivity index (χ1n) is 9.08. The Bertz CT molecular complexity index is 579. The van der Waals surface area contributed by atoms with Gasteiger partial charge in [-0.1, -0.05) is 32.9 Å². The molecule has 0 aromatic heterocycles. The number of nitrogens with one attached hydrogen (secondary N) is 2. The Morgan fingerprint density at radius 2 is 2.00 bits per heavy atom. The van der Waals surface area contributed by atoms with Crippen molar-refractivity contribution in [1.82, 2.24) is 10.6 Å². The summed E-state index contributed by atoms with van der Waals surface area (Å²) in [4.78, 5) is 26.8. The fourth-order valence-corrected chi connectivity index (χ4v) is 5.42. The maximum Gasteiger partial charge on any atom is 0.315 e. The van der Waals surface area contributed by atoms with Gasteiger partial charge in [-0.15, -0.1) is 0 Å². The van der Waals surface area contributed by atoms with Crippen molar-refractivity contribution in [2.45, 2.75) is 65.0 Å². The maximum atomic E-state index is 12.4. The molecule has 2 bridgehead atoms. The van der Waals surface area contributed by atoms with Gasteiger partial charge in [-0.3, -0.25) is 0 Å². The Labute approximate surface area is 144 Å². The summed E-state index contributed by atoms with van der Waals surface area (Å²) in [6.45, 7) is 7.09. The van der Waals surface area contributed by atoms with Crippen LogP contribution in [0.25, 0.3) is 0 Å². The number of nitrogens with zero attached hydrogens (tertiary/aromatic N) is 1. The minimum absolute atomic E-state index is 0.0510. The molecule has 3 aliphatic rings. The van der Waals surface area contributed by atoms with E-state index in [1.807, 2.05) is 0 Å². The van der Waals surface area contributed by atoms with E-state index < -0.39 is 0 Å². The molecule has 2 fully saturated rings. The summed E-state index contributed by atoms with van der Waals surface area (Å²) in [6, 6.07) is 0.349. The van der Waals surface area contributed by atoms with E-state index in [1.165, 1.54) is 6.42 Å². The van der Waals surface area contributed by atoms with Crippen molar-refractivity contribution in [2.75, 3.05) is 6.54 Å². The molecule has 0 aliphatic heterocycles. The highest BCUT2D eigenvalue weighted by Crippen LogP contribution is 2.46. The van der Waals surface area contributed by atoms with Crippen molar-refractivity contribution in [2.24, 2.45) is 27.7 Å². The van der Waals surface area contributed by atoms with E-state index in [1.54, 1.807) is 6.08 Å². The number of amides is 2. The molecule has 3 rings (SSSR count). The van der Waals surface area contributed by atoms with Gasteiger partial charge in [-0.25, -0.2) is 14.6 Å². The highest BCUT2D eigenvalue weighted by molar-refractivity contribution is 5.74. The van der Waals surface area contributed by atoms with Gasteiger partial charge >= 0.3 is 6.03 Å². The highest BCUT2D eigenvalue weighted by Gasteiger charge is 2.42. The number of rotatable bonds is 4. The van der Waals surface area contributed by atoms with E-state index in [2.05, 4.69) is 48.5 Å². The molecule has 5 unspecified atom stereocenters. The topological polar surface area (TPSA) is 70.6 Å². The lowest BCUT2D eigenvalue weighted by Crippen LogP contribution is -2.52.